The van der Waals surface area contributed by atoms with E-state index in [0.29, 0.717) is 0 Å². The molecule has 10 aromatic rings. The van der Waals surface area contributed by atoms with E-state index in [1.807, 2.05) is 6.08 Å². The summed E-state index contributed by atoms with van der Waals surface area (Å²) in [6.45, 7) is 25.4. The van der Waals surface area contributed by atoms with Crippen LogP contribution in [0.1, 0.15) is 107 Å². The molecular weight excluding hydrogens is 837 g/mol. The Bertz CT molecular complexity index is 4090. The summed E-state index contributed by atoms with van der Waals surface area (Å²) >= 11 is 0. The van der Waals surface area contributed by atoms with Crippen molar-refractivity contribution in [1.29, 1.82) is 0 Å². The third-order valence-corrected chi connectivity index (χ3v) is 17.6. The average Bonchev–Trinajstić information content (AvgIpc) is 4.13. The first kappa shape index (κ1) is 40.6. The summed E-state index contributed by atoms with van der Waals surface area (Å²) in [5.41, 5.74) is 28.9. The van der Waals surface area contributed by atoms with E-state index in [4.69, 9.17) is 8.83 Å². The Hall–Kier alpha value is -7.42. The van der Waals surface area contributed by atoms with Gasteiger partial charge in [0.2, 0.25) is 0 Å². The first-order valence-corrected chi connectivity index (χ1v) is 24.7. The van der Waals surface area contributed by atoms with Crippen LogP contribution in [0, 0.1) is 0 Å². The SMILES string of the molecule is C=C/C=C\C1=C(C)C(C)(C)c2cc(-c3cc4c(c5c3oc3ccccc35)-c3cc5c(cc3C4(C)C)-c3c(cc(-c4ccc6c(c4)C(C)(C)c4ccccc4-6)c4oc6ccccc6c34)C5(C)C)ccc21. The molecule has 14 rings (SSSR count). The molecule has 0 N–H and O–H groups in total. The minimum atomic E-state index is -0.309. The lowest BCUT2D eigenvalue weighted by Gasteiger charge is -2.25. The van der Waals surface area contributed by atoms with Gasteiger partial charge in [-0.3, -0.25) is 0 Å². The molecule has 0 amide bonds. The van der Waals surface area contributed by atoms with Crippen molar-refractivity contribution >= 4 is 49.5 Å². The van der Waals surface area contributed by atoms with Crippen LogP contribution in [0.4, 0.5) is 0 Å². The average molecular weight is 891 g/mol. The number of hydrogen-bond donors (Lipinski definition) is 0. The van der Waals surface area contributed by atoms with Crippen molar-refractivity contribution in [1.82, 2.24) is 0 Å². The van der Waals surface area contributed by atoms with E-state index >= 15 is 0 Å². The Labute approximate surface area is 404 Å². The molecule has 0 atom stereocenters. The zero-order valence-corrected chi connectivity index (χ0v) is 41.0. The van der Waals surface area contributed by atoms with E-state index < -0.39 is 0 Å². The smallest absolute Gasteiger partial charge is 0.143 e. The second-order valence-electron chi connectivity index (χ2n) is 22.4. The van der Waals surface area contributed by atoms with Gasteiger partial charge < -0.3 is 8.83 Å². The van der Waals surface area contributed by atoms with E-state index in [1.54, 1.807) is 0 Å². The number of benzene rings is 8. The van der Waals surface area contributed by atoms with E-state index in [-0.39, 0.29) is 21.7 Å². The van der Waals surface area contributed by atoms with Crippen LogP contribution in [-0.4, -0.2) is 0 Å². The van der Waals surface area contributed by atoms with Gasteiger partial charge in [-0.15, -0.1) is 0 Å². The Morgan fingerprint density at radius 1 is 0.406 bits per heavy atom. The highest BCUT2D eigenvalue weighted by Crippen LogP contribution is 2.62. The maximum atomic E-state index is 7.05. The molecule has 2 heteroatoms. The van der Waals surface area contributed by atoms with Crippen molar-refractivity contribution in [2.24, 2.45) is 0 Å². The highest BCUT2D eigenvalue weighted by atomic mass is 16.3. The van der Waals surface area contributed by atoms with Crippen LogP contribution in [0.3, 0.4) is 0 Å². The van der Waals surface area contributed by atoms with Gasteiger partial charge in [-0.2, -0.15) is 0 Å². The van der Waals surface area contributed by atoms with Gasteiger partial charge in [-0.05, 0) is 150 Å². The van der Waals surface area contributed by atoms with Crippen LogP contribution in [0.2, 0.25) is 0 Å². The van der Waals surface area contributed by atoms with Crippen LogP contribution < -0.4 is 0 Å². The molecule has 8 aromatic carbocycles. The quantitative estimate of drug-likeness (QED) is 0.165. The maximum Gasteiger partial charge on any atom is 0.143 e. The summed E-state index contributed by atoms with van der Waals surface area (Å²) in [4.78, 5) is 0. The molecule has 69 heavy (non-hydrogen) atoms. The molecule has 4 aliphatic rings. The highest BCUT2D eigenvalue weighted by Gasteiger charge is 2.45. The van der Waals surface area contributed by atoms with Crippen molar-refractivity contribution in [2.45, 2.75) is 84.0 Å². The molecule has 2 aromatic heterocycles. The van der Waals surface area contributed by atoms with Gasteiger partial charge in [-0.1, -0.05) is 171 Å². The van der Waals surface area contributed by atoms with E-state index in [2.05, 4.69) is 215 Å². The number of rotatable bonds is 4. The zero-order valence-electron chi connectivity index (χ0n) is 41.0. The van der Waals surface area contributed by atoms with Crippen LogP contribution in [0.5, 0.6) is 0 Å². The predicted molar refractivity (Wildman–Crippen MR) is 290 cm³/mol. The highest BCUT2D eigenvalue weighted by molar-refractivity contribution is 6.21. The lowest BCUT2D eigenvalue weighted by Crippen LogP contribution is -2.17. The predicted octanol–water partition coefficient (Wildman–Crippen LogP) is 18.5. The van der Waals surface area contributed by atoms with Crippen LogP contribution in [0.15, 0.2) is 173 Å². The first-order chi connectivity index (χ1) is 33.1. The van der Waals surface area contributed by atoms with Gasteiger partial charge in [0.1, 0.15) is 22.3 Å². The van der Waals surface area contributed by atoms with Gasteiger partial charge in [0, 0.05) is 54.3 Å². The standard InChI is InChI=1S/C67H54O2/c1-11-12-19-39-36(2)64(3,4)50-30-37(26-28-41(39)50)45-32-54-58(60-43-21-14-17-24-56(43)68-62(45)60)47-34-53-48(35-52(47)66(54,7)8)59-55(67(53,9)10)33-46(63-61(59)44-22-15-18-25-57(44)69-63)38-27-29-42-40-20-13-16-23-49(40)65(5,6)51(42)31-38/h11-35H,1H2,2-10H3/b19-12-. The van der Waals surface area contributed by atoms with Crippen molar-refractivity contribution < 1.29 is 8.83 Å². The Morgan fingerprint density at radius 3 is 1.39 bits per heavy atom. The fraction of sp³-hybridized carbons (Fsp3) is 0.194. The Morgan fingerprint density at radius 2 is 0.841 bits per heavy atom. The third kappa shape index (κ3) is 5.02. The Balaban J connectivity index is 0.993. The summed E-state index contributed by atoms with van der Waals surface area (Å²) in [5, 5.41) is 4.73. The largest absolute Gasteiger partial charge is 0.455 e. The second-order valence-corrected chi connectivity index (χ2v) is 22.4. The molecule has 0 fully saturated rings. The molecule has 0 radical (unpaired) electrons. The maximum absolute atomic E-state index is 7.05. The van der Waals surface area contributed by atoms with Crippen molar-refractivity contribution in [3.8, 4) is 55.6 Å². The van der Waals surface area contributed by atoms with Crippen molar-refractivity contribution in [3.05, 3.63) is 208 Å². The normalized spacial score (nSPS) is 17.2. The lowest BCUT2D eigenvalue weighted by molar-refractivity contribution is 0.639. The van der Waals surface area contributed by atoms with E-state index in [1.165, 1.54) is 111 Å². The van der Waals surface area contributed by atoms with Gasteiger partial charge in [0.15, 0.2) is 0 Å². The summed E-state index contributed by atoms with van der Waals surface area (Å²) in [5.74, 6) is 0. The fourth-order valence-corrected chi connectivity index (χ4v) is 13.6. The molecule has 334 valence electrons. The lowest BCUT2D eigenvalue weighted by atomic mass is 9.78. The second kappa shape index (κ2) is 13.2. The minimum Gasteiger partial charge on any atom is -0.455 e. The van der Waals surface area contributed by atoms with E-state index in [0.717, 1.165) is 44.2 Å². The van der Waals surface area contributed by atoms with Crippen molar-refractivity contribution in [2.75, 3.05) is 0 Å². The summed E-state index contributed by atoms with van der Waals surface area (Å²) in [7, 11) is 0. The summed E-state index contributed by atoms with van der Waals surface area (Å²) in [6, 6.07) is 50.4. The molecule has 0 saturated carbocycles. The van der Waals surface area contributed by atoms with Gasteiger partial charge in [-0.25, -0.2) is 0 Å². The van der Waals surface area contributed by atoms with E-state index in [9.17, 15) is 0 Å². The summed E-state index contributed by atoms with van der Waals surface area (Å²) < 4.78 is 14.1. The van der Waals surface area contributed by atoms with Crippen LogP contribution in [-0.2, 0) is 21.7 Å². The molecule has 0 bridgehead atoms. The number of fused-ring (bicyclic) bond motifs is 18. The molecule has 4 aliphatic carbocycles. The fourth-order valence-electron chi connectivity index (χ4n) is 13.6. The molecular formula is C67H54O2. The topological polar surface area (TPSA) is 26.3 Å². The van der Waals surface area contributed by atoms with Crippen molar-refractivity contribution in [3.63, 3.8) is 0 Å². The summed E-state index contributed by atoms with van der Waals surface area (Å²) in [6.07, 6.45) is 6.13. The van der Waals surface area contributed by atoms with Gasteiger partial charge in [0.05, 0.1) is 0 Å². The monoisotopic (exact) mass is 890 g/mol. The number of hydrogen-bond acceptors (Lipinski definition) is 2. The van der Waals surface area contributed by atoms with Gasteiger partial charge >= 0.3 is 0 Å². The zero-order chi connectivity index (χ0) is 47.3. The molecule has 2 nitrogen and oxygen atoms in total. The van der Waals surface area contributed by atoms with Crippen LogP contribution >= 0.6 is 0 Å². The first-order valence-electron chi connectivity index (χ1n) is 24.7. The van der Waals surface area contributed by atoms with Gasteiger partial charge in [0.25, 0.3) is 0 Å². The molecule has 0 unspecified atom stereocenters. The minimum absolute atomic E-state index is 0.112. The molecule has 0 aliphatic heterocycles. The molecule has 0 saturated heterocycles. The molecule has 2 heterocycles. The number of furan rings is 2. The third-order valence-electron chi connectivity index (χ3n) is 17.6. The number of allylic oxidation sites excluding steroid dienone is 5. The molecule has 0 spiro atoms. The Kier molecular flexibility index (Phi) is 7.78. The van der Waals surface area contributed by atoms with Crippen LogP contribution in [0.25, 0.3) is 105 Å². The number of para-hydroxylation sites is 2.